The number of nitrogens with zero attached hydrogens (tertiary/aromatic N) is 5. The van der Waals surface area contributed by atoms with Gasteiger partial charge >= 0.3 is 0 Å². The van der Waals surface area contributed by atoms with Gasteiger partial charge in [-0.15, -0.1) is 10.2 Å². The molecule has 16 heavy (non-hydrogen) atoms. The Hall–Kier alpha value is -1.36. The molecule has 0 bridgehead atoms. The van der Waals surface area contributed by atoms with Gasteiger partial charge in [0.2, 0.25) is 5.28 Å². The Bertz CT molecular complexity index is 537. The second-order valence-electron chi connectivity index (χ2n) is 4.21. The van der Waals surface area contributed by atoms with Crippen LogP contribution in [0.15, 0.2) is 6.20 Å². The standard InChI is InChI=1S/C10H12ClN5/c1-6-8(5-15(2)14-6)16-9(7-3-4-7)12-13-10(16)11/h5,7H,3-4H2,1-2H3. The van der Waals surface area contributed by atoms with Crippen LogP contribution in [0.5, 0.6) is 0 Å². The maximum absolute atomic E-state index is 6.08. The molecular weight excluding hydrogens is 226 g/mol. The van der Waals surface area contributed by atoms with Crippen LogP contribution in [0.3, 0.4) is 0 Å². The lowest BCUT2D eigenvalue weighted by Gasteiger charge is -2.04. The SMILES string of the molecule is Cc1nn(C)cc1-n1c(Cl)nnc1C1CC1. The zero-order valence-corrected chi connectivity index (χ0v) is 9.94. The van der Waals surface area contributed by atoms with Crippen molar-refractivity contribution in [3.63, 3.8) is 0 Å². The highest BCUT2D eigenvalue weighted by Gasteiger charge is 2.31. The molecule has 6 heteroatoms. The second-order valence-corrected chi connectivity index (χ2v) is 4.55. The van der Waals surface area contributed by atoms with Crippen molar-refractivity contribution < 1.29 is 0 Å². The zero-order chi connectivity index (χ0) is 11.3. The summed E-state index contributed by atoms with van der Waals surface area (Å²) in [7, 11) is 1.89. The molecule has 0 aromatic carbocycles. The summed E-state index contributed by atoms with van der Waals surface area (Å²) < 4.78 is 3.68. The molecule has 0 unspecified atom stereocenters. The van der Waals surface area contributed by atoms with E-state index in [0.29, 0.717) is 11.2 Å². The Morgan fingerprint density at radius 3 is 2.69 bits per heavy atom. The monoisotopic (exact) mass is 237 g/mol. The number of rotatable bonds is 2. The van der Waals surface area contributed by atoms with Gasteiger partial charge in [0.25, 0.3) is 0 Å². The van der Waals surface area contributed by atoms with Gasteiger partial charge < -0.3 is 0 Å². The molecule has 0 N–H and O–H groups in total. The second kappa shape index (κ2) is 3.31. The van der Waals surface area contributed by atoms with Gasteiger partial charge in [0.05, 0.1) is 11.4 Å². The molecule has 0 amide bonds. The molecule has 0 atom stereocenters. The van der Waals surface area contributed by atoms with Crippen LogP contribution in [0.25, 0.3) is 5.69 Å². The summed E-state index contributed by atoms with van der Waals surface area (Å²) in [5, 5.41) is 12.8. The summed E-state index contributed by atoms with van der Waals surface area (Å²) in [4.78, 5) is 0. The van der Waals surface area contributed by atoms with E-state index < -0.39 is 0 Å². The number of aryl methyl sites for hydroxylation is 2. The minimum absolute atomic E-state index is 0.415. The number of aromatic nitrogens is 5. The maximum atomic E-state index is 6.08. The van der Waals surface area contributed by atoms with Crippen LogP contribution in [-0.4, -0.2) is 24.5 Å². The molecule has 1 fully saturated rings. The summed E-state index contributed by atoms with van der Waals surface area (Å²) in [6.45, 7) is 1.96. The van der Waals surface area contributed by atoms with Gasteiger partial charge in [-0.3, -0.25) is 9.25 Å². The third-order valence-electron chi connectivity index (χ3n) is 2.82. The lowest BCUT2D eigenvalue weighted by atomic mass is 10.3. The summed E-state index contributed by atoms with van der Waals surface area (Å²) in [6.07, 6.45) is 4.29. The predicted molar refractivity (Wildman–Crippen MR) is 59.8 cm³/mol. The molecule has 0 aliphatic heterocycles. The Morgan fingerprint density at radius 1 is 1.38 bits per heavy atom. The van der Waals surface area contributed by atoms with E-state index in [-0.39, 0.29) is 0 Å². The van der Waals surface area contributed by atoms with E-state index in [1.165, 1.54) is 12.8 Å². The normalized spacial score (nSPS) is 15.7. The Labute approximate surface area is 98.0 Å². The minimum Gasteiger partial charge on any atom is -0.273 e. The number of hydrogen-bond acceptors (Lipinski definition) is 3. The molecular formula is C10H12ClN5. The quantitative estimate of drug-likeness (QED) is 0.801. The van der Waals surface area contributed by atoms with Gasteiger partial charge in [-0.1, -0.05) is 0 Å². The van der Waals surface area contributed by atoms with Crippen molar-refractivity contribution in [1.82, 2.24) is 24.5 Å². The van der Waals surface area contributed by atoms with Crippen molar-refractivity contribution in [3.8, 4) is 5.69 Å². The highest BCUT2D eigenvalue weighted by atomic mass is 35.5. The maximum Gasteiger partial charge on any atom is 0.229 e. The fraction of sp³-hybridized carbons (Fsp3) is 0.500. The van der Waals surface area contributed by atoms with E-state index in [9.17, 15) is 0 Å². The van der Waals surface area contributed by atoms with E-state index in [1.54, 1.807) is 4.68 Å². The minimum atomic E-state index is 0.415. The molecule has 1 saturated carbocycles. The van der Waals surface area contributed by atoms with Gasteiger partial charge in [-0.25, -0.2) is 0 Å². The molecule has 3 rings (SSSR count). The lowest BCUT2D eigenvalue weighted by molar-refractivity contribution is 0.756. The van der Waals surface area contributed by atoms with Gasteiger partial charge in [-0.2, -0.15) is 5.10 Å². The highest BCUT2D eigenvalue weighted by molar-refractivity contribution is 6.28. The Morgan fingerprint density at radius 2 is 2.12 bits per heavy atom. The molecule has 2 heterocycles. The van der Waals surface area contributed by atoms with Crippen LogP contribution in [0.4, 0.5) is 0 Å². The molecule has 2 aromatic heterocycles. The first-order valence-corrected chi connectivity index (χ1v) is 5.66. The number of hydrogen-bond donors (Lipinski definition) is 0. The molecule has 84 valence electrons. The Balaban J connectivity index is 2.17. The van der Waals surface area contributed by atoms with Crippen LogP contribution in [0.1, 0.15) is 30.3 Å². The van der Waals surface area contributed by atoms with E-state index >= 15 is 0 Å². The van der Waals surface area contributed by atoms with Gasteiger partial charge in [0.15, 0.2) is 0 Å². The van der Waals surface area contributed by atoms with Crippen LogP contribution in [0, 0.1) is 6.92 Å². The molecule has 0 saturated heterocycles. The first-order valence-electron chi connectivity index (χ1n) is 5.28. The van der Waals surface area contributed by atoms with Gasteiger partial charge in [0, 0.05) is 19.2 Å². The molecule has 2 aromatic rings. The highest BCUT2D eigenvalue weighted by Crippen LogP contribution is 2.40. The van der Waals surface area contributed by atoms with E-state index in [1.807, 2.05) is 24.7 Å². The van der Waals surface area contributed by atoms with Crippen molar-refractivity contribution in [2.24, 2.45) is 7.05 Å². The number of halogens is 1. The fourth-order valence-corrected chi connectivity index (χ4v) is 2.13. The first kappa shape index (κ1) is 9.84. The van der Waals surface area contributed by atoms with Crippen molar-refractivity contribution in [1.29, 1.82) is 0 Å². The summed E-state index contributed by atoms with van der Waals surface area (Å²) in [5.41, 5.74) is 1.91. The topological polar surface area (TPSA) is 48.5 Å². The summed E-state index contributed by atoms with van der Waals surface area (Å²) in [5.74, 6) is 1.47. The summed E-state index contributed by atoms with van der Waals surface area (Å²) in [6, 6.07) is 0. The van der Waals surface area contributed by atoms with Crippen LogP contribution < -0.4 is 0 Å². The van der Waals surface area contributed by atoms with Crippen LogP contribution in [-0.2, 0) is 7.05 Å². The van der Waals surface area contributed by atoms with Crippen molar-refractivity contribution in [2.75, 3.05) is 0 Å². The van der Waals surface area contributed by atoms with Crippen molar-refractivity contribution >= 4 is 11.6 Å². The van der Waals surface area contributed by atoms with Crippen LogP contribution >= 0.6 is 11.6 Å². The van der Waals surface area contributed by atoms with Crippen molar-refractivity contribution in [2.45, 2.75) is 25.7 Å². The Kier molecular flexibility index (Phi) is 2.04. The molecule has 5 nitrogen and oxygen atoms in total. The smallest absolute Gasteiger partial charge is 0.229 e. The van der Waals surface area contributed by atoms with E-state index in [4.69, 9.17) is 11.6 Å². The molecule has 0 spiro atoms. The van der Waals surface area contributed by atoms with E-state index in [2.05, 4.69) is 15.3 Å². The third kappa shape index (κ3) is 1.43. The molecule has 1 aliphatic rings. The van der Waals surface area contributed by atoms with Gasteiger partial charge in [-0.05, 0) is 31.4 Å². The molecule has 1 aliphatic carbocycles. The van der Waals surface area contributed by atoms with E-state index in [0.717, 1.165) is 17.2 Å². The van der Waals surface area contributed by atoms with Crippen LogP contribution in [0.2, 0.25) is 5.28 Å². The summed E-state index contributed by atoms with van der Waals surface area (Å²) >= 11 is 6.08. The zero-order valence-electron chi connectivity index (χ0n) is 9.18. The average Bonchev–Trinajstić information content (AvgIpc) is 2.92. The average molecular weight is 238 g/mol. The van der Waals surface area contributed by atoms with Crippen molar-refractivity contribution in [3.05, 3.63) is 23.0 Å². The lowest BCUT2D eigenvalue weighted by Crippen LogP contribution is -2.00. The predicted octanol–water partition coefficient (Wildman–Crippen LogP) is 1.84. The largest absolute Gasteiger partial charge is 0.273 e. The molecule has 0 radical (unpaired) electrons. The van der Waals surface area contributed by atoms with Gasteiger partial charge in [0.1, 0.15) is 5.82 Å². The first-order chi connectivity index (χ1) is 7.66. The third-order valence-corrected chi connectivity index (χ3v) is 3.06. The fourth-order valence-electron chi connectivity index (χ4n) is 1.91.